The Balaban J connectivity index is 1.71. The van der Waals surface area contributed by atoms with Crippen LogP contribution < -0.4 is 0 Å². The number of hydrogen-bond donors (Lipinski definition) is 0. The van der Waals surface area contributed by atoms with Gasteiger partial charge in [-0.1, -0.05) is 0 Å². The Morgan fingerprint density at radius 3 is 1.03 bits per heavy atom. The predicted octanol–water partition coefficient (Wildman–Crippen LogP) is 7.79. The van der Waals surface area contributed by atoms with Crippen molar-refractivity contribution in [3.8, 4) is 0 Å². The van der Waals surface area contributed by atoms with E-state index < -0.39 is 19.8 Å². The summed E-state index contributed by atoms with van der Waals surface area (Å²) in [6.45, 7) is 13.7. The van der Waals surface area contributed by atoms with Crippen LogP contribution in [-0.2, 0) is 19.3 Å². The SMILES string of the molecule is Cc1cccc(C[CH2][SnH]([CH2]Cc2cccc(C)c2C)[CH2]Cc2cccc(C)c2C)c1C. The van der Waals surface area contributed by atoms with Gasteiger partial charge >= 0.3 is 199 Å². The standard InChI is InChI=1S/3C10H13.Sn.H/c3*1-4-10-7-5-6-8(2)9(10)3;;/h3*5-7H,1,4H2,2-3H3;;. The van der Waals surface area contributed by atoms with Crippen molar-refractivity contribution in [3.63, 3.8) is 0 Å². The molecule has 0 amide bonds. The number of aryl methyl sites for hydroxylation is 6. The molecule has 0 radical (unpaired) electrons. The van der Waals surface area contributed by atoms with E-state index in [2.05, 4.69) is 96.1 Å². The molecule has 31 heavy (non-hydrogen) atoms. The zero-order valence-corrected chi connectivity index (χ0v) is 23.8. The Labute approximate surface area is 197 Å². The predicted molar refractivity (Wildman–Crippen MR) is 140 cm³/mol. The molecule has 3 rings (SSSR count). The molecule has 0 saturated heterocycles. The van der Waals surface area contributed by atoms with Crippen LogP contribution in [0.2, 0.25) is 13.3 Å². The first kappa shape index (κ1) is 24.1. The van der Waals surface area contributed by atoms with Gasteiger partial charge in [0.25, 0.3) is 0 Å². The monoisotopic (exact) mass is 520 g/mol. The Kier molecular flexibility index (Phi) is 8.84. The fourth-order valence-corrected chi connectivity index (χ4v) is 13.4. The van der Waals surface area contributed by atoms with E-state index in [1.807, 2.05) is 0 Å². The molecule has 0 aliphatic rings. The number of hydrogen-bond acceptors (Lipinski definition) is 0. The van der Waals surface area contributed by atoms with Crippen molar-refractivity contribution in [1.29, 1.82) is 0 Å². The quantitative estimate of drug-likeness (QED) is 0.253. The van der Waals surface area contributed by atoms with Crippen LogP contribution in [0.25, 0.3) is 0 Å². The van der Waals surface area contributed by atoms with Crippen molar-refractivity contribution in [1.82, 2.24) is 0 Å². The summed E-state index contributed by atoms with van der Waals surface area (Å²) in [4.78, 5) is 0. The van der Waals surface area contributed by atoms with E-state index in [-0.39, 0.29) is 0 Å². The zero-order valence-electron chi connectivity index (χ0n) is 20.5. The van der Waals surface area contributed by atoms with Crippen molar-refractivity contribution in [2.45, 2.75) is 74.1 Å². The normalized spacial score (nSPS) is 11.3. The fourth-order valence-electron chi connectivity index (χ4n) is 4.76. The van der Waals surface area contributed by atoms with E-state index in [4.69, 9.17) is 0 Å². The van der Waals surface area contributed by atoms with Gasteiger partial charge in [-0.15, -0.1) is 0 Å². The van der Waals surface area contributed by atoms with Crippen LogP contribution in [0.4, 0.5) is 0 Å². The Hall–Kier alpha value is -1.54. The fraction of sp³-hybridized carbons (Fsp3) is 0.400. The van der Waals surface area contributed by atoms with Gasteiger partial charge < -0.3 is 0 Å². The van der Waals surface area contributed by atoms with Crippen LogP contribution in [0.1, 0.15) is 50.1 Å². The van der Waals surface area contributed by atoms with E-state index in [9.17, 15) is 0 Å². The summed E-state index contributed by atoms with van der Waals surface area (Å²) in [7, 11) is 0. The molecule has 0 unspecified atom stereocenters. The first-order valence-electron chi connectivity index (χ1n) is 12.0. The Morgan fingerprint density at radius 1 is 0.452 bits per heavy atom. The average molecular weight is 519 g/mol. The minimum atomic E-state index is -1.67. The van der Waals surface area contributed by atoms with Crippen molar-refractivity contribution in [2.24, 2.45) is 0 Å². The summed E-state index contributed by atoms with van der Waals surface area (Å²) in [5.74, 6) is 0. The molecule has 0 saturated carbocycles. The first-order chi connectivity index (χ1) is 14.9. The summed E-state index contributed by atoms with van der Waals surface area (Å²) in [6.07, 6.45) is 3.86. The van der Waals surface area contributed by atoms with E-state index in [1.54, 1.807) is 16.7 Å². The van der Waals surface area contributed by atoms with Crippen molar-refractivity contribution in [2.75, 3.05) is 0 Å². The zero-order chi connectivity index (χ0) is 22.4. The van der Waals surface area contributed by atoms with Crippen LogP contribution >= 0.6 is 0 Å². The second-order valence-electron chi connectivity index (χ2n) is 9.56. The molecule has 1 heteroatoms. The minimum absolute atomic E-state index is 1.29. The number of benzene rings is 3. The second kappa shape index (κ2) is 11.4. The molecule has 0 atom stereocenters. The molecule has 3 aromatic rings. The molecule has 0 aliphatic carbocycles. The van der Waals surface area contributed by atoms with Crippen LogP contribution in [0, 0.1) is 41.5 Å². The van der Waals surface area contributed by atoms with E-state index >= 15 is 0 Å². The molecular weight excluding hydrogens is 479 g/mol. The van der Waals surface area contributed by atoms with E-state index in [0.717, 1.165) is 0 Å². The summed E-state index contributed by atoms with van der Waals surface area (Å²) in [5.41, 5.74) is 13.6. The van der Waals surface area contributed by atoms with Crippen molar-refractivity contribution < 1.29 is 0 Å². The third-order valence-corrected chi connectivity index (χ3v) is 17.1. The summed E-state index contributed by atoms with van der Waals surface area (Å²) in [5, 5.41) is 0. The molecule has 0 aliphatic heterocycles. The van der Waals surface area contributed by atoms with Gasteiger partial charge in [-0.05, 0) is 0 Å². The van der Waals surface area contributed by atoms with E-state index in [0.29, 0.717) is 0 Å². The molecule has 0 nitrogen and oxygen atoms in total. The van der Waals surface area contributed by atoms with Gasteiger partial charge in [-0.25, -0.2) is 0 Å². The molecule has 164 valence electrons. The second-order valence-corrected chi connectivity index (χ2v) is 19.4. The van der Waals surface area contributed by atoms with Gasteiger partial charge in [-0.2, -0.15) is 0 Å². The Bertz CT molecular complexity index is 883. The first-order valence-corrected chi connectivity index (χ1v) is 19.0. The summed E-state index contributed by atoms with van der Waals surface area (Å²) >= 11 is -1.67. The van der Waals surface area contributed by atoms with Gasteiger partial charge in [-0.3, -0.25) is 0 Å². The molecule has 0 fully saturated rings. The molecule has 0 spiro atoms. The molecule has 0 heterocycles. The van der Waals surface area contributed by atoms with Gasteiger partial charge in [0.2, 0.25) is 0 Å². The molecule has 3 aromatic carbocycles. The van der Waals surface area contributed by atoms with Crippen molar-refractivity contribution >= 4 is 19.8 Å². The molecule has 0 N–H and O–H groups in total. The van der Waals surface area contributed by atoms with Gasteiger partial charge in [0, 0.05) is 0 Å². The van der Waals surface area contributed by atoms with E-state index in [1.165, 1.54) is 66.0 Å². The van der Waals surface area contributed by atoms with Crippen LogP contribution in [-0.4, -0.2) is 19.8 Å². The molecule has 0 aromatic heterocycles. The van der Waals surface area contributed by atoms with Gasteiger partial charge in [0.05, 0.1) is 0 Å². The van der Waals surface area contributed by atoms with Crippen LogP contribution in [0.3, 0.4) is 0 Å². The van der Waals surface area contributed by atoms with Gasteiger partial charge in [0.15, 0.2) is 0 Å². The van der Waals surface area contributed by atoms with Gasteiger partial charge in [0.1, 0.15) is 0 Å². The maximum atomic E-state index is 2.36. The Morgan fingerprint density at radius 2 is 0.742 bits per heavy atom. The molecule has 0 bridgehead atoms. The summed E-state index contributed by atoms with van der Waals surface area (Å²) < 4.78 is 4.46. The summed E-state index contributed by atoms with van der Waals surface area (Å²) in [6, 6.07) is 20.6. The topological polar surface area (TPSA) is 0 Å². The average Bonchev–Trinajstić information content (AvgIpc) is 2.75. The third kappa shape index (κ3) is 6.48. The van der Waals surface area contributed by atoms with Crippen LogP contribution in [0.5, 0.6) is 0 Å². The molecular formula is C30H40Sn. The number of rotatable bonds is 9. The van der Waals surface area contributed by atoms with Crippen molar-refractivity contribution in [3.05, 3.63) is 105 Å². The third-order valence-electron chi connectivity index (χ3n) is 7.62. The van der Waals surface area contributed by atoms with Crippen LogP contribution in [0.15, 0.2) is 54.6 Å². The maximum absolute atomic E-state index is 2.36.